The number of hydrogen-bond acceptors (Lipinski definition) is 6. The second-order valence-corrected chi connectivity index (χ2v) is 7.51. The normalized spacial score (nSPS) is 22.3. The Morgan fingerprint density at radius 2 is 1.90 bits per heavy atom. The Kier molecular flexibility index (Phi) is 4.19. The molecule has 0 unspecified atom stereocenters. The molecule has 0 bridgehead atoms. The fourth-order valence-corrected chi connectivity index (χ4v) is 4.02. The van der Waals surface area contributed by atoms with E-state index in [1.165, 1.54) is 0 Å². The van der Waals surface area contributed by atoms with Crippen molar-refractivity contribution in [2.24, 2.45) is 5.92 Å². The number of anilines is 2. The molecule has 3 heterocycles. The van der Waals surface area contributed by atoms with Gasteiger partial charge < -0.3 is 10.2 Å². The van der Waals surface area contributed by atoms with Gasteiger partial charge >= 0.3 is 0 Å². The van der Waals surface area contributed by atoms with Crippen molar-refractivity contribution in [3.8, 4) is 11.4 Å². The molecule has 2 aliphatic rings. The molecule has 0 spiro atoms. The van der Waals surface area contributed by atoms with E-state index in [2.05, 4.69) is 25.3 Å². The molecule has 1 N–H and O–H groups in total. The smallest absolute Gasteiger partial charge is 0.247 e. The molecule has 0 radical (unpaired) electrons. The summed E-state index contributed by atoms with van der Waals surface area (Å²) < 4.78 is 13.1. The number of halogens is 1. The third-order valence-corrected chi connectivity index (χ3v) is 5.56. The number of hydrogen-bond donors (Lipinski definition) is 1. The highest BCUT2D eigenvalue weighted by molar-refractivity contribution is 5.98. The van der Waals surface area contributed by atoms with Gasteiger partial charge in [-0.05, 0) is 49.4 Å². The first-order chi connectivity index (χ1) is 14.1. The van der Waals surface area contributed by atoms with Crippen LogP contribution in [0.5, 0.6) is 0 Å². The van der Waals surface area contributed by atoms with E-state index >= 15 is 0 Å². The van der Waals surface area contributed by atoms with E-state index in [-0.39, 0.29) is 11.9 Å². The summed E-state index contributed by atoms with van der Waals surface area (Å²) in [5.41, 5.74) is 2.34. The van der Waals surface area contributed by atoms with Crippen molar-refractivity contribution >= 4 is 17.5 Å². The van der Waals surface area contributed by atoms with Crippen LogP contribution in [0.15, 0.2) is 49.1 Å². The lowest BCUT2D eigenvalue weighted by atomic mass is 10.1. The Balaban J connectivity index is 1.38. The van der Waals surface area contributed by atoms with E-state index in [4.69, 9.17) is 0 Å². The van der Waals surface area contributed by atoms with Gasteiger partial charge in [-0.15, -0.1) is 0 Å². The molecule has 2 fully saturated rings. The highest BCUT2D eigenvalue weighted by atomic mass is 19.1. The summed E-state index contributed by atoms with van der Waals surface area (Å²) >= 11 is 0. The Morgan fingerprint density at radius 1 is 1.14 bits per heavy atom. The van der Waals surface area contributed by atoms with E-state index < -0.39 is 5.82 Å². The third-order valence-electron chi connectivity index (χ3n) is 5.56. The number of benzene rings is 1. The average molecular weight is 390 g/mol. The number of rotatable bonds is 4. The largest absolute Gasteiger partial charge is 0.325 e. The number of nitrogens with one attached hydrogen (secondary N) is 1. The zero-order chi connectivity index (χ0) is 20.0. The molecule has 1 saturated heterocycles. The molecular formula is C21H19FN6O. The summed E-state index contributed by atoms with van der Waals surface area (Å²) in [4.78, 5) is 31.9. The lowest BCUT2D eigenvalue weighted by Crippen LogP contribution is -2.43. The molecule has 1 saturated carbocycles. The van der Waals surface area contributed by atoms with Crippen LogP contribution in [-0.2, 0) is 4.79 Å². The fourth-order valence-electron chi connectivity index (χ4n) is 4.02. The minimum absolute atomic E-state index is 0.0838. The topological polar surface area (TPSA) is 83.9 Å². The maximum Gasteiger partial charge on any atom is 0.247 e. The van der Waals surface area contributed by atoms with E-state index in [1.54, 1.807) is 18.5 Å². The number of aromatic nitrogens is 4. The van der Waals surface area contributed by atoms with Crippen LogP contribution in [0.25, 0.3) is 11.4 Å². The van der Waals surface area contributed by atoms with Crippen LogP contribution < -0.4 is 10.2 Å². The second kappa shape index (κ2) is 6.88. The summed E-state index contributed by atoms with van der Waals surface area (Å²) in [6.45, 7) is 1.92. The zero-order valence-corrected chi connectivity index (χ0v) is 15.8. The van der Waals surface area contributed by atoms with Gasteiger partial charge in [-0.2, -0.15) is 0 Å². The maximum absolute atomic E-state index is 13.1. The van der Waals surface area contributed by atoms with Gasteiger partial charge in [-0.3, -0.25) is 4.79 Å². The molecule has 3 atom stereocenters. The molecule has 2 aromatic heterocycles. The first-order valence-corrected chi connectivity index (χ1v) is 9.55. The Bertz CT molecular complexity index is 1060. The van der Waals surface area contributed by atoms with Crippen LogP contribution in [0.4, 0.5) is 16.0 Å². The van der Waals surface area contributed by atoms with Crippen LogP contribution in [-0.4, -0.2) is 37.9 Å². The van der Waals surface area contributed by atoms with E-state index in [0.29, 0.717) is 29.4 Å². The highest BCUT2D eigenvalue weighted by Crippen LogP contribution is 2.49. The highest BCUT2D eigenvalue weighted by Gasteiger charge is 2.55. The predicted octanol–water partition coefficient (Wildman–Crippen LogP) is 2.99. The molecule has 1 aromatic carbocycles. The van der Waals surface area contributed by atoms with Crippen LogP contribution in [0.1, 0.15) is 18.4 Å². The van der Waals surface area contributed by atoms with Crippen LogP contribution in [0, 0.1) is 18.7 Å². The summed E-state index contributed by atoms with van der Waals surface area (Å²) in [5.74, 6) is 0.970. The molecule has 1 amide bonds. The Morgan fingerprint density at radius 3 is 2.66 bits per heavy atom. The van der Waals surface area contributed by atoms with Crippen LogP contribution in [0.3, 0.4) is 0 Å². The van der Waals surface area contributed by atoms with Gasteiger partial charge in [0.1, 0.15) is 6.04 Å². The quantitative estimate of drug-likeness (QED) is 0.737. The van der Waals surface area contributed by atoms with Crippen molar-refractivity contribution in [1.29, 1.82) is 0 Å². The molecule has 1 aliphatic heterocycles. The summed E-state index contributed by atoms with van der Waals surface area (Å²) in [6, 6.07) is 7.37. The molecule has 29 heavy (non-hydrogen) atoms. The first-order valence-electron chi connectivity index (χ1n) is 9.55. The number of amides is 1. The van der Waals surface area contributed by atoms with Gasteiger partial charge in [-0.1, -0.05) is 6.07 Å². The lowest BCUT2D eigenvalue weighted by Gasteiger charge is -2.26. The molecular weight excluding hydrogens is 371 g/mol. The minimum atomic E-state index is -0.487. The van der Waals surface area contributed by atoms with Gasteiger partial charge in [0.15, 0.2) is 11.6 Å². The first kappa shape index (κ1) is 17.7. The summed E-state index contributed by atoms with van der Waals surface area (Å²) in [7, 11) is 0. The average Bonchev–Trinajstić information content (AvgIpc) is 3.40. The summed E-state index contributed by atoms with van der Waals surface area (Å²) in [5, 5.41) is 3.01. The van der Waals surface area contributed by atoms with Crippen molar-refractivity contribution in [2.45, 2.75) is 31.8 Å². The van der Waals surface area contributed by atoms with Crippen molar-refractivity contribution in [3.05, 3.63) is 60.4 Å². The van der Waals surface area contributed by atoms with Gasteiger partial charge in [0.05, 0.1) is 12.4 Å². The number of carbonyl (C=O) groups is 1. The third kappa shape index (κ3) is 3.30. The number of carbonyl (C=O) groups excluding carboxylic acids is 1. The maximum atomic E-state index is 13.1. The number of fused-ring (bicyclic) bond motifs is 1. The Hall–Kier alpha value is -3.42. The molecule has 1 aliphatic carbocycles. The van der Waals surface area contributed by atoms with E-state index in [1.807, 2.05) is 30.0 Å². The Labute approximate surface area is 167 Å². The van der Waals surface area contributed by atoms with Crippen LogP contribution >= 0.6 is 0 Å². The summed E-state index contributed by atoms with van der Waals surface area (Å²) in [6.07, 6.45) is 7.54. The number of piperidine rings is 1. The number of nitrogens with zero attached hydrogens (tertiary/aromatic N) is 5. The molecule has 146 valence electrons. The second-order valence-electron chi connectivity index (χ2n) is 7.51. The minimum Gasteiger partial charge on any atom is -0.325 e. The van der Waals surface area contributed by atoms with Gasteiger partial charge in [0.25, 0.3) is 0 Å². The molecule has 7 nitrogen and oxygen atoms in total. The van der Waals surface area contributed by atoms with Crippen molar-refractivity contribution in [2.75, 3.05) is 10.2 Å². The molecule has 8 heteroatoms. The monoisotopic (exact) mass is 390 g/mol. The lowest BCUT2D eigenvalue weighted by molar-refractivity contribution is -0.117. The van der Waals surface area contributed by atoms with Crippen molar-refractivity contribution in [1.82, 2.24) is 19.9 Å². The van der Waals surface area contributed by atoms with Gasteiger partial charge in [0.2, 0.25) is 11.9 Å². The fraction of sp³-hybridized carbons (Fsp3) is 0.286. The predicted molar refractivity (Wildman–Crippen MR) is 106 cm³/mol. The molecule has 5 rings (SSSR count). The zero-order valence-electron chi connectivity index (χ0n) is 15.8. The SMILES string of the molecule is Cc1ccc(NC(=O)[C@H]2C[C@@H]3C[C@@H]3N2c2ncccn2)cc1-c1ncc(F)cn1. The van der Waals surface area contributed by atoms with E-state index in [9.17, 15) is 9.18 Å². The van der Waals surface area contributed by atoms with Crippen LogP contribution in [0.2, 0.25) is 0 Å². The molecule has 3 aromatic rings. The standard InChI is InChI=1S/C21H19FN6O/c1-12-3-4-15(9-16(12)19-25-10-14(22)11-26-19)27-20(29)18-8-13-7-17(13)28(18)21-23-5-2-6-24-21/h2-6,9-11,13,17-18H,7-8H2,1H3,(H,27,29)/t13-,17-,18+/m0/s1. The van der Waals surface area contributed by atoms with Gasteiger partial charge in [0, 0.05) is 29.7 Å². The van der Waals surface area contributed by atoms with Gasteiger partial charge in [-0.25, -0.2) is 24.3 Å². The number of aryl methyl sites for hydroxylation is 1. The van der Waals surface area contributed by atoms with E-state index in [0.717, 1.165) is 36.4 Å². The van der Waals surface area contributed by atoms with Crippen molar-refractivity contribution in [3.63, 3.8) is 0 Å². The van der Waals surface area contributed by atoms with Crippen molar-refractivity contribution < 1.29 is 9.18 Å².